The van der Waals surface area contributed by atoms with Gasteiger partial charge in [0.1, 0.15) is 5.82 Å². The van der Waals surface area contributed by atoms with Crippen LogP contribution in [0.2, 0.25) is 5.02 Å². The molecule has 0 radical (unpaired) electrons. The number of nitrogens with zero attached hydrogens (tertiary/aromatic N) is 2. The molecule has 1 saturated heterocycles. The first-order valence-corrected chi connectivity index (χ1v) is 10.5. The Kier molecular flexibility index (Phi) is 5.71. The highest BCUT2D eigenvalue weighted by Crippen LogP contribution is 2.34. The maximum Gasteiger partial charge on any atom is 0.262 e. The molecule has 1 aliphatic rings. The molecule has 4 rings (SSSR count). The molecule has 2 atom stereocenters. The smallest absolute Gasteiger partial charge is 0.262 e. The summed E-state index contributed by atoms with van der Waals surface area (Å²) >= 11 is 7.58. The van der Waals surface area contributed by atoms with Gasteiger partial charge >= 0.3 is 0 Å². The highest BCUT2D eigenvalue weighted by atomic mass is 35.5. The molecule has 0 saturated carbocycles. The van der Waals surface area contributed by atoms with Gasteiger partial charge in [0.25, 0.3) is 5.56 Å². The van der Waals surface area contributed by atoms with E-state index in [0.29, 0.717) is 27.6 Å². The average molecular weight is 419 g/mol. The van der Waals surface area contributed by atoms with Crippen molar-refractivity contribution in [1.29, 1.82) is 0 Å². The lowest BCUT2D eigenvalue weighted by molar-refractivity contribution is 0.0937. The second-order valence-electron chi connectivity index (χ2n) is 6.92. The Hall–Kier alpha value is -1.89. The summed E-state index contributed by atoms with van der Waals surface area (Å²) in [7, 11) is 0. The number of ether oxygens (including phenoxy) is 1. The summed E-state index contributed by atoms with van der Waals surface area (Å²) in [5.74, 6) is -0.269. The number of rotatable bonds is 5. The van der Waals surface area contributed by atoms with Crippen LogP contribution in [0.4, 0.5) is 4.39 Å². The number of hydrogen-bond acceptors (Lipinski definition) is 4. The van der Waals surface area contributed by atoms with E-state index in [1.165, 1.54) is 23.9 Å². The fraction of sp³-hybridized carbons (Fsp3) is 0.333. The van der Waals surface area contributed by atoms with Gasteiger partial charge in [0, 0.05) is 16.9 Å². The van der Waals surface area contributed by atoms with Crippen molar-refractivity contribution >= 4 is 34.3 Å². The van der Waals surface area contributed by atoms with Crippen LogP contribution >= 0.6 is 23.4 Å². The van der Waals surface area contributed by atoms with E-state index in [2.05, 4.69) is 0 Å². The Morgan fingerprint density at radius 2 is 2.11 bits per heavy atom. The van der Waals surface area contributed by atoms with Crippen LogP contribution < -0.4 is 5.56 Å². The Morgan fingerprint density at radius 1 is 1.32 bits per heavy atom. The third kappa shape index (κ3) is 4.09. The summed E-state index contributed by atoms with van der Waals surface area (Å²) in [5.41, 5.74) is 1.45. The van der Waals surface area contributed by atoms with Crippen molar-refractivity contribution in [2.75, 3.05) is 6.61 Å². The van der Waals surface area contributed by atoms with Gasteiger partial charge in [-0.2, -0.15) is 0 Å². The largest absolute Gasteiger partial charge is 0.376 e. The lowest BCUT2D eigenvalue weighted by Gasteiger charge is -2.19. The molecule has 0 amide bonds. The molecule has 0 N–H and O–H groups in total. The van der Waals surface area contributed by atoms with Crippen molar-refractivity contribution in [3.05, 3.63) is 69.2 Å². The number of aromatic nitrogens is 2. The van der Waals surface area contributed by atoms with Crippen LogP contribution in [0, 0.1) is 5.82 Å². The van der Waals surface area contributed by atoms with Gasteiger partial charge in [0.05, 0.1) is 23.6 Å². The van der Waals surface area contributed by atoms with E-state index in [0.717, 1.165) is 25.0 Å². The molecule has 28 heavy (non-hydrogen) atoms. The second-order valence-corrected chi connectivity index (χ2v) is 8.66. The topological polar surface area (TPSA) is 44.1 Å². The average Bonchev–Trinajstić information content (AvgIpc) is 3.18. The van der Waals surface area contributed by atoms with Gasteiger partial charge in [-0.3, -0.25) is 9.36 Å². The second kappa shape index (κ2) is 8.23. The molecule has 0 unspecified atom stereocenters. The van der Waals surface area contributed by atoms with Gasteiger partial charge in [-0.15, -0.1) is 0 Å². The summed E-state index contributed by atoms with van der Waals surface area (Å²) in [6, 6.07) is 11.5. The zero-order valence-electron chi connectivity index (χ0n) is 15.4. The van der Waals surface area contributed by atoms with Gasteiger partial charge < -0.3 is 4.74 Å². The Balaban J connectivity index is 1.75. The van der Waals surface area contributed by atoms with Gasteiger partial charge in [-0.1, -0.05) is 35.5 Å². The molecule has 1 aromatic heterocycles. The van der Waals surface area contributed by atoms with E-state index < -0.39 is 0 Å². The highest BCUT2D eigenvalue weighted by Gasteiger charge is 2.21. The number of thioether (sulfide) groups is 1. The standard InChI is InChI=1S/C21H20ClFN2O2S/c1-13(14-4-7-16(23)8-5-14)28-21-24-19-11-15(22)6-9-18(19)20(26)25(21)12-17-3-2-10-27-17/h4-9,11,13,17H,2-3,10,12H2,1H3/t13-,17+/m1/s1. The van der Waals surface area contributed by atoms with Crippen molar-refractivity contribution in [3.8, 4) is 0 Å². The van der Waals surface area contributed by atoms with Crippen LogP contribution in [0.5, 0.6) is 0 Å². The predicted octanol–water partition coefficient (Wildman–Crippen LogP) is 5.22. The molecule has 1 fully saturated rings. The molecule has 2 aromatic carbocycles. The number of hydrogen-bond donors (Lipinski definition) is 0. The first-order chi connectivity index (χ1) is 13.5. The van der Waals surface area contributed by atoms with Crippen LogP contribution in [-0.2, 0) is 11.3 Å². The highest BCUT2D eigenvalue weighted by molar-refractivity contribution is 7.99. The Bertz CT molecular complexity index is 1050. The van der Waals surface area contributed by atoms with Crippen LogP contribution in [0.1, 0.15) is 30.6 Å². The van der Waals surface area contributed by atoms with Crippen molar-refractivity contribution in [1.82, 2.24) is 9.55 Å². The first kappa shape index (κ1) is 19.4. The molecule has 4 nitrogen and oxygen atoms in total. The molecule has 2 heterocycles. The minimum absolute atomic E-state index is 0.000111. The van der Waals surface area contributed by atoms with E-state index >= 15 is 0 Å². The summed E-state index contributed by atoms with van der Waals surface area (Å²) in [5, 5.41) is 1.70. The maximum absolute atomic E-state index is 13.2. The maximum atomic E-state index is 13.2. The lowest BCUT2D eigenvalue weighted by Crippen LogP contribution is -2.29. The minimum atomic E-state index is -0.269. The first-order valence-electron chi connectivity index (χ1n) is 9.25. The van der Waals surface area contributed by atoms with Crippen LogP contribution in [0.15, 0.2) is 52.4 Å². The van der Waals surface area contributed by atoms with E-state index in [-0.39, 0.29) is 22.7 Å². The molecule has 0 spiro atoms. The third-order valence-corrected chi connectivity index (χ3v) is 6.30. The Morgan fingerprint density at radius 3 is 2.82 bits per heavy atom. The molecule has 0 aliphatic carbocycles. The van der Waals surface area contributed by atoms with E-state index in [4.69, 9.17) is 21.3 Å². The van der Waals surface area contributed by atoms with Gasteiger partial charge in [0.15, 0.2) is 5.16 Å². The fourth-order valence-corrected chi connectivity index (χ4v) is 4.59. The van der Waals surface area contributed by atoms with Crippen molar-refractivity contribution in [2.45, 2.75) is 42.8 Å². The van der Waals surface area contributed by atoms with E-state index in [1.807, 2.05) is 6.92 Å². The SMILES string of the molecule is C[C@@H](Sc1nc2cc(Cl)ccc2c(=O)n1C[C@@H]1CCCO1)c1ccc(F)cc1. The van der Waals surface area contributed by atoms with Crippen LogP contribution in [0.3, 0.4) is 0 Å². The zero-order chi connectivity index (χ0) is 19.7. The monoisotopic (exact) mass is 418 g/mol. The van der Waals surface area contributed by atoms with Crippen LogP contribution in [-0.4, -0.2) is 22.3 Å². The van der Waals surface area contributed by atoms with Crippen molar-refractivity contribution in [2.24, 2.45) is 0 Å². The third-order valence-electron chi connectivity index (χ3n) is 4.91. The fourth-order valence-electron chi connectivity index (χ4n) is 3.38. The molecule has 0 bridgehead atoms. The lowest BCUT2D eigenvalue weighted by atomic mass is 10.2. The molecule has 7 heteroatoms. The Labute approximate surface area is 171 Å². The molecule has 146 valence electrons. The zero-order valence-corrected chi connectivity index (χ0v) is 17.0. The summed E-state index contributed by atoms with van der Waals surface area (Å²) < 4.78 is 20.7. The van der Waals surface area contributed by atoms with Crippen molar-refractivity contribution < 1.29 is 9.13 Å². The summed E-state index contributed by atoms with van der Waals surface area (Å²) in [4.78, 5) is 17.9. The predicted molar refractivity (Wildman–Crippen MR) is 111 cm³/mol. The molecule has 3 aromatic rings. The van der Waals surface area contributed by atoms with Gasteiger partial charge in [0.2, 0.25) is 0 Å². The van der Waals surface area contributed by atoms with E-state index in [9.17, 15) is 9.18 Å². The normalized spacial score (nSPS) is 17.9. The minimum Gasteiger partial charge on any atom is -0.376 e. The summed E-state index contributed by atoms with van der Waals surface area (Å²) in [6.45, 7) is 3.22. The number of halogens is 2. The van der Waals surface area contributed by atoms with E-state index in [1.54, 1.807) is 34.9 Å². The number of fused-ring (bicyclic) bond motifs is 1. The summed E-state index contributed by atoms with van der Waals surface area (Å²) in [6.07, 6.45) is 1.96. The van der Waals surface area contributed by atoms with Crippen molar-refractivity contribution in [3.63, 3.8) is 0 Å². The van der Waals surface area contributed by atoms with Gasteiger partial charge in [-0.25, -0.2) is 9.37 Å². The quantitative estimate of drug-likeness (QED) is 0.421. The number of benzene rings is 2. The molecule has 1 aliphatic heterocycles. The van der Waals surface area contributed by atoms with Gasteiger partial charge in [-0.05, 0) is 55.7 Å². The molecular formula is C21H20ClFN2O2S. The molecular weight excluding hydrogens is 399 g/mol. The van der Waals surface area contributed by atoms with Crippen LogP contribution in [0.25, 0.3) is 10.9 Å².